The number of aromatic nitrogens is 1. The Hall–Kier alpha value is -2.97. The molecular weight excluding hydrogens is 376 g/mol. The van der Waals surface area contributed by atoms with Crippen LogP contribution in [0.2, 0.25) is 0 Å². The van der Waals surface area contributed by atoms with Gasteiger partial charge in [-0.2, -0.15) is 0 Å². The molecular formula is C20H22N4O3S. The monoisotopic (exact) mass is 398 g/mol. The van der Waals surface area contributed by atoms with Gasteiger partial charge in [0.05, 0.1) is 41.3 Å². The fraction of sp³-hybridized carbons (Fsp3) is 0.250. The van der Waals surface area contributed by atoms with Crippen molar-refractivity contribution >= 4 is 28.8 Å². The molecule has 0 saturated heterocycles. The zero-order chi connectivity index (χ0) is 19.9. The van der Waals surface area contributed by atoms with Crippen LogP contribution in [-0.2, 0) is 17.9 Å². The molecule has 0 aliphatic heterocycles. The number of hydrogen-bond donors (Lipinski definition) is 2. The summed E-state index contributed by atoms with van der Waals surface area (Å²) in [5.74, 6) is 0.188. The highest BCUT2D eigenvalue weighted by atomic mass is 32.1. The van der Waals surface area contributed by atoms with Crippen LogP contribution in [0.1, 0.15) is 26.8 Å². The van der Waals surface area contributed by atoms with Crippen LogP contribution in [-0.4, -0.2) is 35.3 Å². The van der Waals surface area contributed by atoms with E-state index in [9.17, 15) is 9.59 Å². The molecule has 0 saturated carbocycles. The van der Waals surface area contributed by atoms with Crippen molar-refractivity contribution in [2.24, 2.45) is 0 Å². The van der Waals surface area contributed by atoms with E-state index in [4.69, 9.17) is 4.42 Å². The van der Waals surface area contributed by atoms with Gasteiger partial charge in [-0.1, -0.05) is 12.1 Å². The first-order valence-corrected chi connectivity index (χ1v) is 9.68. The van der Waals surface area contributed by atoms with E-state index in [1.54, 1.807) is 54.0 Å². The Morgan fingerprint density at radius 3 is 2.75 bits per heavy atom. The second-order valence-corrected chi connectivity index (χ2v) is 7.45. The van der Waals surface area contributed by atoms with Crippen molar-refractivity contribution in [3.8, 4) is 0 Å². The lowest BCUT2D eigenvalue weighted by Gasteiger charge is -2.16. The summed E-state index contributed by atoms with van der Waals surface area (Å²) in [7, 11) is 1.86. The fourth-order valence-electron chi connectivity index (χ4n) is 2.71. The van der Waals surface area contributed by atoms with Crippen molar-refractivity contribution in [2.75, 3.05) is 18.9 Å². The molecule has 28 heavy (non-hydrogen) atoms. The van der Waals surface area contributed by atoms with Crippen molar-refractivity contribution in [2.45, 2.75) is 20.0 Å². The molecule has 3 rings (SSSR count). The van der Waals surface area contributed by atoms with E-state index in [0.29, 0.717) is 23.6 Å². The fourth-order valence-corrected chi connectivity index (χ4v) is 3.32. The first-order valence-electron chi connectivity index (χ1n) is 8.80. The Labute approximate surface area is 167 Å². The second-order valence-electron chi connectivity index (χ2n) is 6.39. The summed E-state index contributed by atoms with van der Waals surface area (Å²) in [6.07, 6.45) is 1.55. The molecule has 7 nitrogen and oxygen atoms in total. The molecule has 2 heterocycles. The summed E-state index contributed by atoms with van der Waals surface area (Å²) >= 11 is 1.59. The normalized spacial score (nSPS) is 10.8. The summed E-state index contributed by atoms with van der Waals surface area (Å²) in [5.41, 5.74) is 1.82. The van der Waals surface area contributed by atoms with E-state index < -0.39 is 0 Å². The van der Waals surface area contributed by atoms with Crippen molar-refractivity contribution in [3.63, 3.8) is 0 Å². The molecule has 0 aliphatic rings. The summed E-state index contributed by atoms with van der Waals surface area (Å²) in [6, 6.07) is 10.5. The third-order valence-electron chi connectivity index (χ3n) is 3.96. The standard InChI is InChI=1S/C20H22N4O3S/c1-14-22-15(13-28-14)11-24(2)12-19(25)23-18-8-4-3-7-17(18)20(26)21-10-16-6-5-9-27-16/h3-9,13H,10-12H2,1-2H3,(H,21,26)(H,23,25). The van der Waals surface area contributed by atoms with Gasteiger partial charge in [0, 0.05) is 11.9 Å². The van der Waals surface area contributed by atoms with Crippen LogP contribution < -0.4 is 10.6 Å². The number of hydrogen-bond acceptors (Lipinski definition) is 6. The number of carbonyl (C=O) groups excluding carboxylic acids is 2. The van der Waals surface area contributed by atoms with E-state index >= 15 is 0 Å². The van der Waals surface area contributed by atoms with Gasteiger partial charge >= 0.3 is 0 Å². The molecule has 0 radical (unpaired) electrons. The molecule has 3 aromatic rings. The Kier molecular flexibility index (Phi) is 6.57. The number of nitrogens with zero attached hydrogens (tertiary/aromatic N) is 2. The Morgan fingerprint density at radius 1 is 1.21 bits per heavy atom. The lowest BCUT2D eigenvalue weighted by molar-refractivity contribution is -0.117. The number of rotatable bonds is 8. The highest BCUT2D eigenvalue weighted by molar-refractivity contribution is 7.09. The van der Waals surface area contributed by atoms with E-state index in [0.717, 1.165) is 10.7 Å². The lowest BCUT2D eigenvalue weighted by atomic mass is 10.1. The van der Waals surface area contributed by atoms with E-state index in [2.05, 4.69) is 15.6 Å². The van der Waals surface area contributed by atoms with E-state index in [-0.39, 0.29) is 24.9 Å². The zero-order valence-electron chi connectivity index (χ0n) is 15.8. The lowest BCUT2D eigenvalue weighted by Crippen LogP contribution is -2.31. The number of para-hydroxylation sites is 1. The molecule has 2 amide bonds. The zero-order valence-corrected chi connectivity index (χ0v) is 16.6. The van der Waals surface area contributed by atoms with Crippen LogP contribution in [0.15, 0.2) is 52.5 Å². The number of benzene rings is 1. The summed E-state index contributed by atoms with van der Waals surface area (Å²) in [6.45, 7) is 3.01. The van der Waals surface area contributed by atoms with Gasteiger partial charge < -0.3 is 15.1 Å². The number of aryl methyl sites for hydroxylation is 1. The van der Waals surface area contributed by atoms with Gasteiger partial charge in [-0.15, -0.1) is 11.3 Å². The van der Waals surface area contributed by atoms with Crippen LogP contribution in [0, 0.1) is 6.92 Å². The molecule has 2 aromatic heterocycles. The number of amides is 2. The Morgan fingerprint density at radius 2 is 2.04 bits per heavy atom. The summed E-state index contributed by atoms with van der Waals surface area (Å²) in [5, 5.41) is 8.60. The van der Waals surface area contributed by atoms with Crippen LogP contribution in [0.25, 0.3) is 0 Å². The molecule has 0 atom stereocenters. The first-order chi connectivity index (χ1) is 13.5. The maximum absolute atomic E-state index is 12.5. The molecule has 2 N–H and O–H groups in total. The predicted octanol–water partition coefficient (Wildman–Crippen LogP) is 3.05. The van der Waals surface area contributed by atoms with Crippen LogP contribution in [0.4, 0.5) is 5.69 Å². The van der Waals surface area contributed by atoms with Gasteiger partial charge in [0.25, 0.3) is 5.91 Å². The van der Waals surface area contributed by atoms with Gasteiger partial charge in [-0.05, 0) is 38.2 Å². The average Bonchev–Trinajstić information content (AvgIpc) is 3.31. The third kappa shape index (κ3) is 5.51. The maximum atomic E-state index is 12.5. The molecule has 0 bridgehead atoms. The minimum absolute atomic E-state index is 0.193. The van der Waals surface area contributed by atoms with Crippen molar-refractivity contribution in [3.05, 3.63) is 70.1 Å². The Bertz CT molecular complexity index is 937. The van der Waals surface area contributed by atoms with E-state index in [1.807, 2.05) is 24.3 Å². The van der Waals surface area contributed by atoms with Gasteiger partial charge in [0.2, 0.25) is 5.91 Å². The third-order valence-corrected chi connectivity index (χ3v) is 4.78. The molecule has 0 aliphatic carbocycles. The quantitative estimate of drug-likeness (QED) is 0.609. The SMILES string of the molecule is Cc1nc(CN(C)CC(=O)Nc2ccccc2C(=O)NCc2ccco2)cs1. The highest BCUT2D eigenvalue weighted by Crippen LogP contribution is 2.16. The van der Waals surface area contributed by atoms with Crippen LogP contribution in [0.3, 0.4) is 0 Å². The van der Waals surface area contributed by atoms with Gasteiger partial charge in [-0.25, -0.2) is 4.98 Å². The number of likely N-dealkylation sites (N-methyl/N-ethyl adjacent to an activating group) is 1. The largest absolute Gasteiger partial charge is 0.467 e. The smallest absolute Gasteiger partial charge is 0.253 e. The molecule has 0 spiro atoms. The highest BCUT2D eigenvalue weighted by Gasteiger charge is 2.15. The Balaban J connectivity index is 1.57. The number of carbonyl (C=O) groups is 2. The van der Waals surface area contributed by atoms with E-state index in [1.165, 1.54) is 0 Å². The molecule has 0 fully saturated rings. The van der Waals surface area contributed by atoms with Crippen LogP contribution >= 0.6 is 11.3 Å². The van der Waals surface area contributed by atoms with Crippen LogP contribution in [0.5, 0.6) is 0 Å². The predicted molar refractivity (Wildman–Crippen MR) is 108 cm³/mol. The summed E-state index contributed by atoms with van der Waals surface area (Å²) < 4.78 is 5.21. The molecule has 1 aromatic carbocycles. The second kappa shape index (κ2) is 9.29. The minimum Gasteiger partial charge on any atom is -0.467 e. The average molecular weight is 398 g/mol. The maximum Gasteiger partial charge on any atom is 0.253 e. The molecule has 0 unspecified atom stereocenters. The van der Waals surface area contributed by atoms with Gasteiger partial charge in [-0.3, -0.25) is 14.5 Å². The van der Waals surface area contributed by atoms with Crippen molar-refractivity contribution in [1.29, 1.82) is 0 Å². The van der Waals surface area contributed by atoms with Gasteiger partial charge in [0.1, 0.15) is 5.76 Å². The number of furan rings is 1. The first kappa shape index (κ1) is 19.8. The topological polar surface area (TPSA) is 87.5 Å². The van der Waals surface area contributed by atoms with Crippen molar-refractivity contribution < 1.29 is 14.0 Å². The number of nitrogens with one attached hydrogen (secondary N) is 2. The summed E-state index contributed by atoms with van der Waals surface area (Å²) in [4.78, 5) is 31.2. The minimum atomic E-state index is -0.279. The molecule has 146 valence electrons. The number of anilines is 1. The van der Waals surface area contributed by atoms with Gasteiger partial charge in [0.15, 0.2) is 0 Å². The molecule has 8 heteroatoms. The number of thiazole rings is 1. The van der Waals surface area contributed by atoms with Crippen molar-refractivity contribution in [1.82, 2.24) is 15.2 Å².